The number of piperidine rings is 2. The quantitative estimate of drug-likeness (QED) is 0.503. The van der Waals surface area contributed by atoms with Crippen molar-refractivity contribution in [3.05, 3.63) is 59.7 Å². The van der Waals surface area contributed by atoms with Gasteiger partial charge >= 0.3 is 5.97 Å². The van der Waals surface area contributed by atoms with Crippen molar-refractivity contribution in [1.82, 2.24) is 0 Å². The molecule has 2 aromatic rings. The number of benzene rings is 2. The van der Waals surface area contributed by atoms with Crippen LogP contribution < -0.4 is 17.0 Å². The summed E-state index contributed by atoms with van der Waals surface area (Å²) < 4.78 is 7.42. The molecule has 2 heterocycles. The van der Waals surface area contributed by atoms with Crippen LogP contribution in [0.25, 0.3) is 11.1 Å². The molecule has 0 radical (unpaired) electrons. The lowest BCUT2D eigenvalue weighted by Gasteiger charge is -2.46. The molecule has 2 aliphatic heterocycles. The zero-order valence-corrected chi connectivity index (χ0v) is 18.9. The summed E-state index contributed by atoms with van der Waals surface area (Å²) in [5.41, 5.74) is 3.79. The number of carbonyl (C=O) groups is 1. The maximum Gasteiger partial charge on any atom is 0.321 e. The average molecular weight is 454 g/mol. The van der Waals surface area contributed by atoms with Crippen molar-refractivity contribution in [2.24, 2.45) is 11.8 Å². The Hall–Kier alpha value is -1.65. The lowest BCUT2D eigenvalue weighted by Crippen LogP contribution is -3.00. The Bertz CT molecular complexity index is 934. The summed E-state index contributed by atoms with van der Waals surface area (Å²) in [6.45, 7) is 2.05. The number of ether oxygens (including phenoxy) is 1. The number of nitrogens with zero attached hydrogens (tertiary/aromatic N) is 1. The van der Waals surface area contributed by atoms with E-state index in [1.54, 1.807) is 0 Å². The van der Waals surface area contributed by atoms with Gasteiger partial charge in [0.2, 0.25) is 0 Å². The summed E-state index contributed by atoms with van der Waals surface area (Å²) in [4.78, 5) is 13.6. The van der Waals surface area contributed by atoms with E-state index in [9.17, 15) is 4.79 Å². The summed E-state index contributed by atoms with van der Waals surface area (Å²) in [5.74, 6) is 1.66. The van der Waals surface area contributed by atoms with Crippen molar-refractivity contribution in [2.75, 3.05) is 14.1 Å². The number of hydrogen-bond donors (Lipinski definition) is 0. The maximum atomic E-state index is 13.6. The molecule has 4 atom stereocenters. The molecule has 0 N–H and O–H groups in total. The first-order valence-corrected chi connectivity index (χ1v) is 10.7. The summed E-state index contributed by atoms with van der Waals surface area (Å²) in [6.07, 6.45) is 3.51. The Morgan fingerprint density at radius 2 is 1.38 bits per heavy atom. The molecule has 2 bridgehead atoms. The van der Waals surface area contributed by atoms with Gasteiger partial charge in [-0.25, -0.2) is 0 Å². The molecule has 29 heavy (non-hydrogen) atoms. The fourth-order valence-electron chi connectivity index (χ4n) is 6.92. The molecule has 2 aromatic carbocycles. The molecule has 6 rings (SSSR count). The molecule has 1 saturated carbocycles. The van der Waals surface area contributed by atoms with Crippen molar-refractivity contribution in [3.63, 3.8) is 0 Å². The first-order valence-electron chi connectivity index (χ1n) is 10.7. The normalized spacial score (nSPS) is 33.7. The number of quaternary nitrogens is 1. The standard InChI is InChI=1S/C25H28NO2.BrH/c1-25(20-10-6-4-8-16(20)17-9-5-7-11-21(17)25)24(27)28-15-12-22-18-14-19(18)23(13-15)26(22,2)3;/h4-11,15,18-19,22-23H,12-14H2,1-3H3;1H/q+1;/p-1. The molecule has 3 nitrogen and oxygen atoms in total. The van der Waals surface area contributed by atoms with Crippen LogP contribution in [0.4, 0.5) is 0 Å². The van der Waals surface area contributed by atoms with Gasteiger partial charge in [0, 0.05) is 24.7 Å². The van der Waals surface area contributed by atoms with Crippen LogP contribution in [0.5, 0.6) is 0 Å². The molecule has 4 heteroatoms. The highest BCUT2D eigenvalue weighted by Gasteiger charge is 2.68. The minimum atomic E-state index is -0.711. The molecule has 4 aliphatic rings. The highest BCUT2D eigenvalue weighted by atomic mass is 79.9. The summed E-state index contributed by atoms with van der Waals surface area (Å²) in [5, 5.41) is 0. The average Bonchev–Trinajstić information content (AvgIpc) is 3.40. The second-order valence-electron chi connectivity index (χ2n) is 10.0. The van der Waals surface area contributed by atoms with Gasteiger partial charge in [0.05, 0.1) is 26.2 Å². The number of esters is 1. The van der Waals surface area contributed by atoms with Crippen LogP contribution in [0.3, 0.4) is 0 Å². The third-order valence-corrected chi connectivity index (χ3v) is 8.50. The Balaban J connectivity index is 0.00000181. The van der Waals surface area contributed by atoms with Crippen molar-refractivity contribution < 1.29 is 31.0 Å². The highest BCUT2D eigenvalue weighted by molar-refractivity contribution is 5.97. The SMILES string of the molecule is CC1(C(=O)OC2CC3C4CC4C(C2)[N+]3(C)C)c2ccccc2-c2ccccc21.[Br-]. The molecule has 2 saturated heterocycles. The summed E-state index contributed by atoms with van der Waals surface area (Å²) in [6, 6.07) is 17.9. The molecule has 4 unspecified atom stereocenters. The molecule has 0 aromatic heterocycles. The van der Waals surface area contributed by atoms with Gasteiger partial charge in [0.1, 0.15) is 11.5 Å². The second-order valence-corrected chi connectivity index (χ2v) is 10.0. The lowest BCUT2D eigenvalue weighted by atomic mass is 9.80. The van der Waals surface area contributed by atoms with E-state index < -0.39 is 5.41 Å². The third-order valence-electron chi connectivity index (χ3n) is 8.50. The minimum Gasteiger partial charge on any atom is -1.00 e. The Morgan fingerprint density at radius 3 is 1.90 bits per heavy atom. The largest absolute Gasteiger partial charge is 1.00 e. The van der Waals surface area contributed by atoms with Crippen LogP contribution in [-0.4, -0.2) is 42.7 Å². The smallest absolute Gasteiger partial charge is 0.321 e. The zero-order valence-electron chi connectivity index (χ0n) is 17.3. The number of fused-ring (bicyclic) bond motifs is 8. The van der Waals surface area contributed by atoms with Crippen LogP contribution in [0.1, 0.15) is 37.3 Å². The lowest BCUT2D eigenvalue weighted by molar-refractivity contribution is -0.937. The molecule has 3 fully saturated rings. The van der Waals surface area contributed by atoms with Crippen molar-refractivity contribution in [1.29, 1.82) is 0 Å². The van der Waals surface area contributed by atoms with E-state index in [4.69, 9.17) is 4.74 Å². The van der Waals surface area contributed by atoms with E-state index in [0.717, 1.165) is 40.3 Å². The van der Waals surface area contributed by atoms with E-state index in [2.05, 4.69) is 57.4 Å². The van der Waals surface area contributed by atoms with Gasteiger partial charge in [-0.2, -0.15) is 0 Å². The van der Waals surface area contributed by atoms with Crippen molar-refractivity contribution in [2.45, 2.75) is 49.8 Å². The third kappa shape index (κ3) is 2.42. The van der Waals surface area contributed by atoms with Gasteiger partial charge in [-0.3, -0.25) is 4.79 Å². The first-order chi connectivity index (χ1) is 13.4. The zero-order chi connectivity index (χ0) is 19.3. The predicted octanol–water partition coefficient (Wildman–Crippen LogP) is 1.15. The van der Waals surface area contributed by atoms with Gasteiger partial charge in [0.15, 0.2) is 0 Å². The number of halogens is 1. The number of hydrogen-bond acceptors (Lipinski definition) is 2. The summed E-state index contributed by atoms with van der Waals surface area (Å²) >= 11 is 0. The topological polar surface area (TPSA) is 26.3 Å². The van der Waals surface area contributed by atoms with Gasteiger partial charge in [-0.1, -0.05) is 48.5 Å². The first kappa shape index (κ1) is 19.3. The summed E-state index contributed by atoms with van der Waals surface area (Å²) in [7, 11) is 4.76. The molecule has 0 amide bonds. The molecule has 152 valence electrons. The maximum absolute atomic E-state index is 13.6. The number of rotatable bonds is 2. The fraction of sp³-hybridized carbons (Fsp3) is 0.480. The Morgan fingerprint density at radius 1 is 0.897 bits per heavy atom. The molecule has 0 spiro atoms. The monoisotopic (exact) mass is 453 g/mol. The second kappa shape index (κ2) is 6.18. The van der Waals surface area contributed by atoms with Gasteiger partial charge in [-0.15, -0.1) is 0 Å². The van der Waals surface area contributed by atoms with Crippen LogP contribution in [-0.2, 0) is 14.9 Å². The van der Waals surface area contributed by atoms with Gasteiger partial charge < -0.3 is 26.2 Å². The highest BCUT2D eigenvalue weighted by Crippen LogP contribution is 2.61. The van der Waals surface area contributed by atoms with E-state index >= 15 is 0 Å². The molecular formula is C25H28BrNO2. The van der Waals surface area contributed by atoms with Crippen molar-refractivity contribution >= 4 is 5.97 Å². The van der Waals surface area contributed by atoms with Crippen LogP contribution in [0.2, 0.25) is 0 Å². The van der Waals surface area contributed by atoms with E-state index in [1.165, 1.54) is 17.5 Å². The fourth-order valence-corrected chi connectivity index (χ4v) is 6.92. The van der Waals surface area contributed by atoms with Crippen LogP contribution >= 0.6 is 0 Å². The Kier molecular flexibility index (Phi) is 4.12. The molecular weight excluding hydrogens is 426 g/mol. The van der Waals surface area contributed by atoms with E-state index in [-0.39, 0.29) is 29.1 Å². The predicted molar refractivity (Wildman–Crippen MR) is 109 cm³/mol. The minimum absolute atomic E-state index is 0. The number of carbonyl (C=O) groups excluding carboxylic acids is 1. The Labute approximate surface area is 183 Å². The molecule has 2 aliphatic carbocycles. The van der Waals surface area contributed by atoms with Crippen LogP contribution in [0, 0.1) is 11.8 Å². The van der Waals surface area contributed by atoms with E-state index in [1.807, 2.05) is 12.1 Å². The van der Waals surface area contributed by atoms with Gasteiger partial charge in [0.25, 0.3) is 0 Å². The van der Waals surface area contributed by atoms with Crippen LogP contribution in [0.15, 0.2) is 48.5 Å². The van der Waals surface area contributed by atoms with Gasteiger partial charge in [-0.05, 0) is 35.6 Å². The van der Waals surface area contributed by atoms with Crippen molar-refractivity contribution in [3.8, 4) is 11.1 Å². The van der Waals surface area contributed by atoms with E-state index in [0.29, 0.717) is 12.1 Å².